The Morgan fingerprint density at radius 1 is 0.615 bits per heavy atom. The summed E-state index contributed by atoms with van der Waals surface area (Å²) >= 11 is 0. The lowest BCUT2D eigenvalue weighted by Gasteiger charge is -2.35. The van der Waals surface area contributed by atoms with Gasteiger partial charge in [-0.3, -0.25) is 4.48 Å². The molecule has 0 aromatic carbocycles. The summed E-state index contributed by atoms with van der Waals surface area (Å²) in [6.45, 7) is 7.54. The summed E-state index contributed by atoms with van der Waals surface area (Å²) in [4.78, 5) is 4.54. The van der Waals surface area contributed by atoms with Gasteiger partial charge in [0.05, 0.1) is 13.1 Å². The minimum absolute atomic E-state index is 0. The summed E-state index contributed by atoms with van der Waals surface area (Å²) in [6.07, 6.45) is 41.5. The molecule has 0 radical (unpaired) electrons. The Morgan fingerprint density at radius 3 is 1.46 bits per heavy atom. The van der Waals surface area contributed by atoms with Gasteiger partial charge in [-0.2, -0.15) is 0 Å². The Bertz CT molecular complexity index is 553. The molecule has 1 heterocycles. The molecule has 0 aliphatic carbocycles. The van der Waals surface area contributed by atoms with Crippen LogP contribution in [-0.2, 0) is 0 Å². The van der Waals surface area contributed by atoms with E-state index in [1.807, 2.05) is 0 Å². The molecule has 1 N–H and O–H groups in total. The minimum Gasteiger partial charge on any atom is -1.00 e. The fraction of sp³-hybridized carbons (Fsp3) is 0.914. The van der Waals surface area contributed by atoms with E-state index in [0.717, 1.165) is 30.5 Å². The topological polar surface area (TPSA) is 32.6 Å². The standard InChI is InChI=1S/C35H69N2O.ClH/c1-3-5-7-9-11-13-15-16-17-18-19-21-23-25-27-29-32-37(33-31-36-34-37)35(38)30-28-26-24-22-20-14-12-10-8-6-4-2;/h16-17,34-35,38H,3-15,18-33H2,1-2H3;1H/q+1;/p-1. The molecule has 3 nitrogen and oxygen atoms in total. The summed E-state index contributed by atoms with van der Waals surface area (Å²) in [5, 5.41) is 11.0. The minimum atomic E-state index is -0.247. The zero-order chi connectivity index (χ0) is 27.4. The molecule has 0 aromatic rings. The van der Waals surface area contributed by atoms with Crippen molar-refractivity contribution in [2.75, 3.05) is 19.6 Å². The van der Waals surface area contributed by atoms with Gasteiger partial charge in [0.15, 0.2) is 12.6 Å². The summed E-state index contributed by atoms with van der Waals surface area (Å²) in [5.41, 5.74) is 0. The van der Waals surface area contributed by atoms with E-state index in [4.69, 9.17) is 0 Å². The summed E-state index contributed by atoms with van der Waals surface area (Å²) in [7, 11) is 0. The summed E-state index contributed by atoms with van der Waals surface area (Å²) in [5.74, 6) is 0. The highest BCUT2D eigenvalue weighted by Crippen LogP contribution is 2.22. The zero-order valence-electron chi connectivity index (χ0n) is 26.5. The van der Waals surface area contributed by atoms with Crippen LogP contribution in [0.4, 0.5) is 0 Å². The highest BCUT2D eigenvalue weighted by molar-refractivity contribution is 5.48. The molecule has 0 amide bonds. The van der Waals surface area contributed by atoms with Crippen molar-refractivity contribution < 1.29 is 22.0 Å². The van der Waals surface area contributed by atoms with E-state index in [1.54, 1.807) is 0 Å². The second-order valence-electron chi connectivity index (χ2n) is 12.3. The number of hydrogen-bond acceptors (Lipinski definition) is 2. The van der Waals surface area contributed by atoms with Crippen LogP contribution in [0.3, 0.4) is 0 Å². The third-order valence-corrected chi connectivity index (χ3v) is 8.70. The van der Waals surface area contributed by atoms with Crippen LogP contribution in [0.25, 0.3) is 0 Å². The van der Waals surface area contributed by atoms with Gasteiger partial charge in [-0.1, -0.05) is 142 Å². The number of halogens is 1. The molecule has 0 bridgehead atoms. The van der Waals surface area contributed by atoms with Crippen molar-refractivity contribution in [2.24, 2.45) is 4.99 Å². The molecule has 0 spiro atoms. The first kappa shape index (κ1) is 38.6. The Morgan fingerprint density at radius 2 is 1.03 bits per heavy atom. The maximum Gasteiger partial charge on any atom is 0.196 e. The van der Waals surface area contributed by atoms with Crippen LogP contribution in [0.2, 0.25) is 0 Å². The first-order valence-corrected chi connectivity index (χ1v) is 17.5. The highest BCUT2D eigenvalue weighted by Gasteiger charge is 2.36. The number of rotatable bonds is 29. The van der Waals surface area contributed by atoms with Gasteiger partial charge in [-0.15, -0.1) is 0 Å². The van der Waals surface area contributed by atoms with Crippen molar-refractivity contribution in [3.63, 3.8) is 0 Å². The van der Waals surface area contributed by atoms with E-state index in [-0.39, 0.29) is 18.6 Å². The Balaban J connectivity index is 0.0000144. The third kappa shape index (κ3) is 22.0. The van der Waals surface area contributed by atoms with Crippen molar-refractivity contribution >= 4 is 6.34 Å². The number of unbranched alkanes of at least 4 members (excludes halogenated alkanes) is 22. The number of hydrogen-bond donors (Lipinski definition) is 1. The molecule has 1 aliphatic rings. The number of allylic oxidation sites excluding steroid dienone is 2. The molecule has 0 saturated heterocycles. The Kier molecular flexibility index (Phi) is 28.8. The number of nitrogens with zero attached hydrogens (tertiary/aromatic N) is 2. The second-order valence-corrected chi connectivity index (χ2v) is 12.3. The first-order chi connectivity index (χ1) is 18.7. The van der Waals surface area contributed by atoms with Crippen LogP contribution in [0.1, 0.15) is 181 Å². The SMILES string of the molecule is CCCCCCCCC=CCCCCCCCC[N+]1(C(O)CCCCCCCCCCCCC)C=NCC1.[Cl-]. The molecule has 1 aliphatic heterocycles. The van der Waals surface area contributed by atoms with Gasteiger partial charge < -0.3 is 17.5 Å². The number of aliphatic hydroxyl groups is 1. The molecule has 232 valence electrons. The molecule has 4 heteroatoms. The van der Waals surface area contributed by atoms with E-state index in [1.165, 1.54) is 161 Å². The van der Waals surface area contributed by atoms with Crippen molar-refractivity contribution in [2.45, 2.75) is 187 Å². The molecule has 2 atom stereocenters. The zero-order valence-corrected chi connectivity index (χ0v) is 27.3. The normalized spacial score (nSPS) is 17.7. The maximum absolute atomic E-state index is 11.0. The van der Waals surface area contributed by atoms with Gasteiger partial charge in [-0.05, 0) is 44.9 Å². The largest absolute Gasteiger partial charge is 1.00 e. The third-order valence-electron chi connectivity index (χ3n) is 8.70. The average molecular weight is 569 g/mol. The van der Waals surface area contributed by atoms with Crippen molar-refractivity contribution in [3.8, 4) is 0 Å². The fourth-order valence-corrected chi connectivity index (χ4v) is 5.97. The predicted molar refractivity (Wildman–Crippen MR) is 170 cm³/mol. The van der Waals surface area contributed by atoms with Crippen LogP contribution in [-0.4, -0.2) is 41.8 Å². The summed E-state index contributed by atoms with van der Waals surface area (Å²) < 4.78 is 0.737. The van der Waals surface area contributed by atoms with Crippen molar-refractivity contribution in [1.29, 1.82) is 0 Å². The van der Waals surface area contributed by atoms with E-state index in [2.05, 4.69) is 37.3 Å². The molecule has 0 fully saturated rings. The van der Waals surface area contributed by atoms with Crippen LogP contribution < -0.4 is 12.4 Å². The number of aliphatic hydroxyl groups excluding tert-OH is 1. The summed E-state index contributed by atoms with van der Waals surface area (Å²) in [6, 6.07) is 0. The molecule has 0 saturated carbocycles. The average Bonchev–Trinajstić information content (AvgIpc) is 3.41. The van der Waals surface area contributed by atoms with E-state index in [0.29, 0.717) is 0 Å². The number of quaternary nitrogens is 1. The van der Waals surface area contributed by atoms with Crippen LogP contribution in [0, 0.1) is 0 Å². The Hall–Kier alpha value is -0.380. The van der Waals surface area contributed by atoms with Crippen LogP contribution in [0.15, 0.2) is 17.1 Å². The first-order valence-electron chi connectivity index (χ1n) is 17.5. The lowest BCUT2D eigenvalue weighted by molar-refractivity contribution is -0.880. The van der Waals surface area contributed by atoms with Gasteiger partial charge in [0.2, 0.25) is 0 Å². The lowest BCUT2D eigenvalue weighted by atomic mass is 10.0. The van der Waals surface area contributed by atoms with E-state index >= 15 is 0 Å². The van der Waals surface area contributed by atoms with Gasteiger partial charge in [-0.25, -0.2) is 4.99 Å². The molecule has 39 heavy (non-hydrogen) atoms. The van der Waals surface area contributed by atoms with Gasteiger partial charge in [0, 0.05) is 6.42 Å². The van der Waals surface area contributed by atoms with Gasteiger partial charge in [0.25, 0.3) is 0 Å². The molecule has 2 unspecified atom stereocenters. The monoisotopic (exact) mass is 569 g/mol. The predicted octanol–water partition coefficient (Wildman–Crippen LogP) is 7.91. The van der Waals surface area contributed by atoms with Crippen molar-refractivity contribution in [3.05, 3.63) is 12.2 Å². The van der Waals surface area contributed by atoms with E-state index in [9.17, 15) is 5.11 Å². The van der Waals surface area contributed by atoms with Crippen LogP contribution in [0.5, 0.6) is 0 Å². The highest BCUT2D eigenvalue weighted by atomic mass is 35.5. The van der Waals surface area contributed by atoms with Crippen LogP contribution >= 0.6 is 0 Å². The van der Waals surface area contributed by atoms with Gasteiger partial charge >= 0.3 is 0 Å². The van der Waals surface area contributed by atoms with Gasteiger partial charge in [0.1, 0.15) is 6.54 Å². The molecule has 0 aromatic heterocycles. The number of aliphatic imine (C=N–C) groups is 1. The molecular weight excluding hydrogens is 500 g/mol. The maximum atomic E-state index is 11.0. The molecule has 1 rings (SSSR count). The lowest BCUT2D eigenvalue weighted by Crippen LogP contribution is -3.00. The second kappa shape index (κ2) is 29.1. The van der Waals surface area contributed by atoms with Crippen molar-refractivity contribution in [1.82, 2.24) is 0 Å². The quantitative estimate of drug-likeness (QED) is 0.0555. The molecular formula is C35H69ClN2O. The van der Waals surface area contributed by atoms with E-state index < -0.39 is 0 Å². The fourth-order valence-electron chi connectivity index (χ4n) is 5.97. The smallest absolute Gasteiger partial charge is 0.196 e. The Labute approximate surface area is 251 Å².